The molecule has 0 aromatic heterocycles. The molecule has 2 nitrogen and oxygen atoms in total. The molecule has 1 aliphatic heterocycles. The Kier molecular flexibility index (Phi) is 2.50. The third-order valence-electron chi connectivity index (χ3n) is 2.27. The molecule has 0 amide bonds. The number of para-hydroxylation sites is 1. The molecule has 1 aromatic carbocycles. The molecule has 0 saturated heterocycles. The van der Waals surface area contributed by atoms with Crippen LogP contribution in [-0.2, 0) is 0 Å². The first kappa shape index (κ1) is 9.59. The van der Waals surface area contributed by atoms with Gasteiger partial charge in [0.2, 0.25) is 0 Å². The summed E-state index contributed by atoms with van der Waals surface area (Å²) in [5.74, 6) is 0. The zero-order chi connectivity index (χ0) is 10.1. The molecule has 0 fully saturated rings. The van der Waals surface area contributed by atoms with Gasteiger partial charge in [-0.1, -0.05) is 12.6 Å². The Bertz CT molecular complexity index is 374. The van der Waals surface area contributed by atoms with Crippen molar-refractivity contribution >= 4 is 27.3 Å². The lowest BCUT2D eigenvalue weighted by molar-refractivity contribution is 0.796. The summed E-state index contributed by atoms with van der Waals surface area (Å²) in [6, 6.07) is 6.51. The summed E-state index contributed by atoms with van der Waals surface area (Å²) in [5, 5.41) is 6.76. The summed E-state index contributed by atoms with van der Waals surface area (Å²) in [6.07, 6.45) is 0.946. The van der Waals surface area contributed by atoms with Gasteiger partial charge in [0.1, 0.15) is 0 Å². The quantitative estimate of drug-likeness (QED) is 0.738. The molecule has 14 heavy (non-hydrogen) atoms. The molecule has 0 spiro atoms. The summed E-state index contributed by atoms with van der Waals surface area (Å²) in [4.78, 5) is 0. The molecule has 74 valence electrons. The van der Waals surface area contributed by atoms with Crippen molar-refractivity contribution in [2.45, 2.75) is 19.4 Å². The lowest BCUT2D eigenvalue weighted by atomic mass is 10.2. The van der Waals surface area contributed by atoms with Gasteiger partial charge in [-0.15, -0.1) is 0 Å². The molecule has 0 radical (unpaired) electrons. The molecule has 1 atom stereocenters. The van der Waals surface area contributed by atoms with Crippen molar-refractivity contribution in [1.82, 2.24) is 0 Å². The summed E-state index contributed by atoms with van der Waals surface area (Å²) >= 11 is 3.53. The Morgan fingerprint density at radius 2 is 2.29 bits per heavy atom. The minimum atomic E-state index is 0.412. The molecule has 2 rings (SSSR count). The minimum absolute atomic E-state index is 0.412. The fourth-order valence-corrected chi connectivity index (χ4v) is 2.16. The number of hydrogen-bond donors (Lipinski definition) is 2. The second kappa shape index (κ2) is 3.65. The first-order valence-electron chi connectivity index (χ1n) is 4.66. The lowest BCUT2D eigenvalue weighted by Crippen LogP contribution is -2.14. The van der Waals surface area contributed by atoms with Crippen LogP contribution in [0.15, 0.2) is 34.9 Å². The van der Waals surface area contributed by atoms with Gasteiger partial charge in [0.25, 0.3) is 0 Å². The van der Waals surface area contributed by atoms with Crippen molar-refractivity contribution < 1.29 is 0 Å². The molecule has 1 aliphatic rings. The average molecular weight is 253 g/mol. The number of halogens is 1. The molecular formula is C11H13BrN2. The van der Waals surface area contributed by atoms with Crippen LogP contribution in [0.3, 0.4) is 0 Å². The second-order valence-corrected chi connectivity index (χ2v) is 4.49. The smallest absolute Gasteiger partial charge is 0.0725 e. The van der Waals surface area contributed by atoms with Crippen molar-refractivity contribution in [3.05, 3.63) is 34.9 Å². The predicted octanol–water partition coefficient (Wildman–Crippen LogP) is 3.58. The van der Waals surface area contributed by atoms with Gasteiger partial charge in [0.15, 0.2) is 0 Å². The van der Waals surface area contributed by atoms with Gasteiger partial charge < -0.3 is 10.6 Å². The molecule has 0 aliphatic carbocycles. The fourth-order valence-electron chi connectivity index (χ4n) is 1.68. The first-order valence-corrected chi connectivity index (χ1v) is 5.46. The second-order valence-electron chi connectivity index (χ2n) is 3.64. The predicted molar refractivity (Wildman–Crippen MR) is 64.6 cm³/mol. The Labute approximate surface area is 92.5 Å². The minimum Gasteiger partial charge on any atom is -0.380 e. The van der Waals surface area contributed by atoms with E-state index in [1.165, 1.54) is 0 Å². The van der Waals surface area contributed by atoms with Gasteiger partial charge in [0.05, 0.1) is 11.4 Å². The number of fused-ring (bicyclic) bond motifs is 1. The Morgan fingerprint density at radius 1 is 1.50 bits per heavy atom. The normalized spacial score (nSPS) is 20.4. The van der Waals surface area contributed by atoms with E-state index in [1.54, 1.807) is 0 Å². The summed E-state index contributed by atoms with van der Waals surface area (Å²) in [6.45, 7) is 6.14. The molecule has 2 N–H and O–H groups in total. The van der Waals surface area contributed by atoms with Gasteiger partial charge in [-0.2, -0.15) is 0 Å². The van der Waals surface area contributed by atoms with Crippen LogP contribution in [0.5, 0.6) is 0 Å². The third-order valence-corrected chi connectivity index (χ3v) is 2.93. The van der Waals surface area contributed by atoms with Crippen LogP contribution in [0.4, 0.5) is 11.4 Å². The third kappa shape index (κ3) is 1.77. The monoisotopic (exact) mass is 252 g/mol. The number of benzene rings is 1. The largest absolute Gasteiger partial charge is 0.380 e. The standard InChI is InChI=1S/C11H13BrN2/c1-7-6-8(2)14-11-9(12)4-3-5-10(11)13-7/h3-5,8,13-14H,1,6H2,2H3. The van der Waals surface area contributed by atoms with E-state index < -0.39 is 0 Å². The van der Waals surface area contributed by atoms with Crippen LogP contribution in [-0.4, -0.2) is 6.04 Å². The van der Waals surface area contributed by atoms with Crippen LogP contribution in [0.25, 0.3) is 0 Å². The van der Waals surface area contributed by atoms with Gasteiger partial charge in [-0.25, -0.2) is 0 Å². The molecule has 1 heterocycles. The van der Waals surface area contributed by atoms with Gasteiger partial charge in [0, 0.05) is 22.6 Å². The van der Waals surface area contributed by atoms with Gasteiger partial charge in [-0.05, 0) is 35.0 Å². The Morgan fingerprint density at radius 3 is 3.07 bits per heavy atom. The Hall–Kier alpha value is -0.960. The van der Waals surface area contributed by atoms with Crippen molar-refractivity contribution in [1.29, 1.82) is 0 Å². The number of anilines is 2. The molecular weight excluding hydrogens is 240 g/mol. The highest BCUT2D eigenvalue weighted by Gasteiger charge is 2.15. The van der Waals surface area contributed by atoms with E-state index in [1.807, 2.05) is 12.1 Å². The zero-order valence-electron chi connectivity index (χ0n) is 8.10. The highest BCUT2D eigenvalue weighted by Crippen LogP contribution is 2.34. The SMILES string of the molecule is C=C1CC(C)Nc2c(Br)cccc2N1. The lowest BCUT2D eigenvalue weighted by Gasteiger charge is -2.13. The molecule has 1 aromatic rings. The van der Waals surface area contributed by atoms with E-state index in [2.05, 4.69) is 46.1 Å². The molecule has 1 unspecified atom stereocenters. The van der Waals surface area contributed by atoms with E-state index in [9.17, 15) is 0 Å². The van der Waals surface area contributed by atoms with Crippen LogP contribution >= 0.6 is 15.9 Å². The molecule has 3 heteroatoms. The van der Waals surface area contributed by atoms with E-state index in [0.29, 0.717) is 6.04 Å². The summed E-state index contributed by atoms with van der Waals surface area (Å²) < 4.78 is 1.09. The first-order chi connectivity index (χ1) is 6.66. The summed E-state index contributed by atoms with van der Waals surface area (Å²) in [7, 11) is 0. The van der Waals surface area contributed by atoms with Crippen LogP contribution in [0, 0.1) is 0 Å². The van der Waals surface area contributed by atoms with E-state index in [4.69, 9.17) is 0 Å². The topological polar surface area (TPSA) is 24.1 Å². The number of rotatable bonds is 0. The van der Waals surface area contributed by atoms with Crippen molar-refractivity contribution in [2.24, 2.45) is 0 Å². The van der Waals surface area contributed by atoms with E-state index >= 15 is 0 Å². The van der Waals surface area contributed by atoms with Gasteiger partial charge >= 0.3 is 0 Å². The fraction of sp³-hybridized carbons (Fsp3) is 0.273. The average Bonchev–Trinajstić information content (AvgIpc) is 2.23. The maximum atomic E-state index is 3.99. The highest BCUT2D eigenvalue weighted by molar-refractivity contribution is 9.10. The van der Waals surface area contributed by atoms with Gasteiger partial charge in [-0.3, -0.25) is 0 Å². The van der Waals surface area contributed by atoms with E-state index in [-0.39, 0.29) is 0 Å². The number of hydrogen-bond acceptors (Lipinski definition) is 2. The van der Waals surface area contributed by atoms with Crippen LogP contribution in [0.2, 0.25) is 0 Å². The van der Waals surface area contributed by atoms with Crippen LogP contribution in [0.1, 0.15) is 13.3 Å². The van der Waals surface area contributed by atoms with Crippen molar-refractivity contribution in [3.63, 3.8) is 0 Å². The zero-order valence-corrected chi connectivity index (χ0v) is 9.69. The molecule has 0 saturated carbocycles. The maximum absolute atomic E-state index is 3.99. The Balaban J connectivity index is 2.46. The van der Waals surface area contributed by atoms with E-state index in [0.717, 1.165) is 28.0 Å². The molecule has 0 bridgehead atoms. The number of nitrogens with one attached hydrogen (secondary N) is 2. The van der Waals surface area contributed by atoms with Crippen LogP contribution < -0.4 is 10.6 Å². The van der Waals surface area contributed by atoms with Crippen molar-refractivity contribution in [3.8, 4) is 0 Å². The van der Waals surface area contributed by atoms with Crippen molar-refractivity contribution in [2.75, 3.05) is 10.6 Å². The maximum Gasteiger partial charge on any atom is 0.0725 e. The highest BCUT2D eigenvalue weighted by atomic mass is 79.9. The summed E-state index contributed by atoms with van der Waals surface area (Å²) in [5.41, 5.74) is 3.27.